The molecule has 0 aromatic heterocycles. The second-order valence-corrected chi connectivity index (χ2v) is 6.79. The molecule has 1 saturated carbocycles. The highest BCUT2D eigenvalue weighted by Crippen LogP contribution is 2.32. The fourth-order valence-electron chi connectivity index (χ4n) is 3.12. The molecular weight excluding hydrogens is 318 g/mol. The summed E-state index contributed by atoms with van der Waals surface area (Å²) >= 11 is 0. The first kappa shape index (κ1) is 17.9. The van der Waals surface area contributed by atoms with Crippen LogP contribution in [0.1, 0.15) is 29.6 Å². The van der Waals surface area contributed by atoms with E-state index < -0.39 is 0 Å². The first-order valence-electron chi connectivity index (χ1n) is 9.14. The third-order valence-corrected chi connectivity index (χ3v) is 4.87. The molecule has 1 saturated heterocycles. The molecule has 6 nitrogen and oxygen atoms in total. The van der Waals surface area contributed by atoms with Crippen molar-refractivity contribution in [2.75, 3.05) is 45.9 Å². The van der Waals surface area contributed by atoms with E-state index in [1.165, 1.54) is 0 Å². The Hall–Kier alpha value is -1.92. The van der Waals surface area contributed by atoms with Crippen LogP contribution in [0, 0.1) is 5.92 Å². The molecular formula is C19H27N3O3. The van der Waals surface area contributed by atoms with E-state index in [-0.39, 0.29) is 24.2 Å². The van der Waals surface area contributed by atoms with Gasteiger partial charge < -0.3 is 15.4 Å². The number of Topliss-reactive ketones (excluding diaryl/α,β-unsaturated/α-hetero) is 1. The normalized spacial score (nSPS) is 18.2. The predicted octanol–water partition coefficient (Wildman–Crippen LogP) is 1.15. The van der Waals surface area contributed by atoms with Crippen LogP contribution in [0.25, 0.3) is 0 Å². The number of piperazine rings is 1. The largest absolute Gasteiger partial charge is 0.494 e. The lowest BCUT2D eigenvalue weighted by Gasteiger charge is -2.34. The average molecular weight is 345 g/mol. The number of benzene rings is 1. The monoisotopic (exact) mass is 345 g/mol. The molecule has 1 aliphatic heterocycles. The topological polar surface area (TPSA) is 75.9 Å². The standard InChI is InChI=1S/C19H27N3O3/c20-14-18(23)22-11-9-21(10-12-22)8-1-13-25-17-6-4-16(5-7-17)19(24)15-2-3-15/h4-7,15H,1-3,8-14,20H2. The van der Waals surface area contributed by atoms with Gasteiger partial charge in [-0.15, -0.1) is 0 Å². The van der Waals surface area contributed by atoms with Gasteiger partial charge in [-0.2, -0.15) is 0 Å². The lowest BCUT2D eigenvalue weighted by atomic mass is 10.1. The van der Waals surface area contributed by atoms with Gasteiger partial charge in [0.1, 0.15) is 5.75 Å². The van der Waals surface area contributed by atoms with Crippen molar-refractivity contribution in [1.82, 2.24) is 9.80 Å². The Morgan fingerprint density at radius 3 is 2.36 bits per heavy atom. The molecule has 2 fully saturated rings. The van der Waals surface area contributed by atoms with Gasteiger partial charge in [-0.1, -0.05) is 0 Å². The minimum Gasteiger partial charge on any atom is -0.494 e. The Kier molecular flexibility index (Phi) is 6.04. The molecule has 2 aliphatic rings. The van der Waals surface area contributed by atoms with Crippen LogP contribution in [0.2, 0.25) is 0 Å². The van der Waals surface area contributed by atoms with Crippen molar-refractivity contribution >= 4 is 11.7 Å². The number of hydrogen-bond donors (Lipinski definition) is 1. The van der Waals surface area contributed by atoms with Gasteiger partial charge in [0.05, 0.1) is 13.2 Å². The Balaban J connectivity index is 1.32. The SMILES string of the molecule is NCC(=O)N1CCN(CCCOc2ccc(C(=O)C3CC3)cc2)CC1. The summed E-state index contributed by atoms with van der Waals surface area (Å²) < 4.78 is 5.77. The number of carbonyl (C=O) groups is 2. The molecule has 0 bridgehead atoms. The van der Waals surface area contributed by atoms with Crippen LogP contribution in [0.5, 0.6) is 5.75 Å². The van der Waals surface area contributed by atoms with Gasteiger partial charge in [0.25, 0.3) is 0 Å². The summed E-state index contributed by atoms with van der Waals surface area (Å²) in [7, 11) is 0. The number of carbonyl (C=O) groups excluding carboxylic acids is 2. The van der Waals surface area contributed by atoms with Gasteiger partial charge in [-0.3, -0.25) is 14.5 Å². The maximum Gasteiger partial charge on any atom is 0.236 e. The third-order valence-electron chi connectivity index (χ3n) is 4.87. The first-order chi connectivity index (χ1) is 12.2. The summed E-state index contributed by atoms with van der Waals surface area (Å²) in [6, 6.07) is 7.49. The van der Waals surface area contributed by atoms with Crippen molar-refractivity contribution in [3.8, 4) is 5.75 Å². The number of nitrogens with two attached hydrogens (primary N) is 1. The van der Waals surface area contributed by atoms with Gasteiger partial charge in [0.2, 0.25) is 5.91 Å². The van der Waals surface area contributed by atoms with Crippen LogP contribution in [-0.4, -0.2) is 67.4 Å². The Morgan fingerprint density at radius 1 is 1.08 bits per heavy atom. The third kappa shape index (κ3) is 5.03. The van der Waals surface area contributed by atoms with Crippen molar-refractivity contribution in [3.05, 3.63) is 29.8 Å². The van der Waals surface area contributed by atoms with Gasteiger partial charge in [-0.05, 0) is 43.5 Å². The van der Waals surface area contributed by atoms with Crippen LogP contribution in [-0.2, 0) is 4.79 Å². The van der Waals surface area contributed by atoms with E-state index in [9.17, 15) is 9.59 Å². The van der Waals surface area contributed by atoms with Gasteiger partial charge >= 0.3 is 0 Å². The summed E-state index contributed by atoms with van der Waals surface area (Å²) in [6.07, 6.45) is 3.01. The molecule has 3 rings (SSSR count). The molecule has 0 atom stereocenters. The highest BCUT2D eigenvalue weighted by molar-refractivity contribution is 5.99. The molecule has 0 spiro atoms. The Morgan fingerprint density at radius 2 is 1.76 bits per heavy atom. The maximum absolute atomic E-state index is 12.0. The molecule has 1 aromatic carbocycles. The van der Waals surface area contributed by atoms with E-state index in [0.717, 1.165) is 63.3 Å². The number of nitrogens with zero attached hydrogens (tertiary/aromatic N) is 2. The quantitative estimate of drug-likeness (QED) is 0.565. The lowest BCUT2D eigenvalue weighted by Crippen LogP contribution is -2.50. The van der Waals surface area contributed by atoms with Crippen molar-refractivity contribution in [2.24, 2.45) is 11.7 Å². The summed E-state index contributed by atoms with van der Waals surface area (Å²) in [5.74, 6) is 1.36. The van der Waals surface area contributed by atoms with E-state index in [4.69, 9.17) is 10.5 Å². The number of ether oxygens (including phenoxy) is 1. The van der Waals surface area contributed by atoms with Crippen LogP contribution < -0.4 is 10.5 Å². The molecule has 0 unspecified atom stereocenters. The van der Waals surface area contributed by atoms with Crippen LogP contribution in [0.15, 0.2) is 24.3 Å². The second kappa shape index (κ2) is 8.45. The van der Waals surface area contributed by atoms with Crippen LogP contribution >= 0.6 is 0 Å². The summed E-state index contributed by atoms with van der Waals surface area (Å²) in [6.45, 7) is 5.01. The van der Waals surface area contributed by atoms with Crippen LogP contribution in [0.4, 0.5) is 0 Å². The second-order valence-electron chi connectivity index (χ2n) is 6.79. The molecule has 6 heteroatoms. The minimum atomic E-state index is 0.0339. The lowest BCUT2D eigenvalue weighted by molar-refractivity contribution is -0.131. The predicted molar refractivity (Wildman–Crippen MR) is 95.7 cm³/mol. The maximum atomic E-state index is 12.0. The van der Waals surface area contributed by atoms with E-state index in [0.29, 0.717) is 6.61 Å². The molecule has 25 heavy (non-hydrogen) atoms. The number of ketones is 1. The van der Waals surface area contributed by atoms with Crippen LogP contribution in [0.3, 0.4) is 0 Å². The first-order valence-corrected chi connectivity index (χ1v) is 9.14. The average Bonchev–Trinajstić information content (AvgIpc) is 3.50. The molecule has 0 radical (unpaired) electrons. The van der Waals surface area contributed by atoms with E-state index in [1.54, 1.807) is 0 Å². The smallest absolute Gasteiger partial charge is 0.236 e. The number of rotatable bonds is 8. The van der Waals surface area contributed by atoms with E-state index in [1.807, 2.05) is 29.2 Å². The zero-order valence-electron chi connectivity index (χ0n) is 14.7. The molecule has 1 aromatic rings. The fraction of sp³-hybridized carbons (Fsp3) is 0.579. The van der Waals surface area contributed by atoms with Gasteiger partial charge in [0, 0.05) is 44.2 Å². The number of amides is 1. The molecule has 1 aliphatic carbocycles. The zero-order chi connectivity index (χ0) is 17.6. The summed E-state index contributed by atoms with van der Waals surface area (Å²) in [5, 5.41) is 0. The zero-order valence-corrected chi connectivity index (χ0v) is 14.7. The highest BCUT2D eigenvalue weighted by Gasteiger charge is 2.30. The molecule has 136 valence electrons. The summed E-state index contributed by atoms with van der Waals surface area (Å²) in [5.41, 5.74) is 6.19. The Bertz CT molecular complexity index is 590. The fourth-order valence-corrected chi connectivity index (χ4v) is 3.12. The molecule has 1 heterocycles. The summed E-state index contributed by atoms with van der Waals surface area (Å²) in [4.78, 5) is 27.7. The van der Waals surface area contributed by atoms with Crippen molar-refractivity contribution in [3.63, 3.8) is 0 Å². The highest BCUT2D eigenvalue weighted by atomic mass is 16.5. The molecule has 1 amide bonds. The number of hydrogen-bond acceptors (Lipinski definition) is 5. The van der Waals surface area contributed by atoms with Crippen molar-refractivity contribution < 1.29 is 14.3 Å². The van der Waals surface area contributed by atoms with Crippen molar-refractivity contribution in [2.45, 2.75) is 19.3 Å². The Labute approximate surface area is 148 Å². The van der Waals surface area contributed by atoms with Gasteiger partial charge in [0.15, 0.2) is 5.78 Å². The van der Waals surface area contributed by atoms with E-state index >= 15 is 0 Å². The molecule has 2 N–H and O–H groups in total. The van der Waals surface area contributed by atoms with E-state index in [2.05, 4.69) is 4.90 Å². The van der Waals surface area contributed by atoms with Crippen molar-refractivity contribution in [1.29, 1.82) is 0 Å². The minimum absolute atomic E-state index is 0.0339. The van der Waals surface area contributed by atoms with Gasteiger partial charge in [-0.25, -0.2) is 0 Å².